The van der Waals surface area contributed by atoms with Crippen LogP contribution < -0.4 is 16.2 Å². The second kappa shape index (κ2) is 9.26. The third-order valence-electron chi connectivity index (χ3n) is 4.16. The molecule has 160 valence electrons. The normalized spacial score (nSPS) is 14.7. The van der Waals surface area contributed by atoms with Crippen molar-refractivity contribution in [1.82, 2.24) is 9.73 Å². The van der Waals surface area contributed by atoms with E-state index in [0.29, 0.717) is 10.7 Å². The summed E-state index contributed by atoms with van der Waals surface area (Å²) >= 11 is 5.86. The van der Waals surface area contributed by atoms with Crippen LogP contribution in [0.4, 0.5) is 21.9 Å². The van der Waals surface area contributed by atoms with E-state index in [9.17, 15) is 23.3 Å². The Morgan fingerprint density at radius 3 is 2.57 bits per heavy atom. The number of urea groups is 1. The van der Waals surface area contributed by atoms with E-state index >= 15 is 0 Å². The summed E-state index contributed by atoms with van der Waals surface area (Å²) in [5, 5.41) is 14.1. The van der Waals surface area contributed by atoms with Gasteiger partial charge in [0.1, 0.15) is 4.90 Å². The number of nitro benzene ring substituents is 1. The largest absolute Gasteiger partial charge is 0.379 e. The van der Waals surface area contributed by atoms with E-state index in [0.717, 1.165) is 12.1 Å². The number of halogens is 1. The van der Waals surface area contributed by atoms with E-state index < -0.39 is 26.7 Å². The molecular weight excluding hydrogens is 438 g/mol. The Morgan fingerprint density at radius 2 is 1.90 bits per heavy atom. The van der Waals surface area contributed by atoms with Crippen LogP contribution in [0.5, 0.6) is 0 Å². The van der Waals surface area contributed by atoms with Crippen LogP contribution in [-0.4, -0.2) is 50.0 Å². The van der Waals surface area contributed by atoms with Gasteiger partial charge < -0.3 is 10.1 Å². The maximum atomic E-state index is 13.0. The molecule has 3 rings (SSSR count). The number of amides is 2. The minimum atomic E-state index is -4.06. The molecule has 0 aromatic heterocycles. The maximum absolute atomic E-state index is 13.0. The zero-order chi connectivity index (χ0) is 21.7. The first-order valence-corrected chi connectivity index (χ1v) is 10.5. The topological polar surface area (TPSA) is 143 Å². The van der Waals surface area contributed by atoms with Gasteiger partial charge in [-0.1, -0.05) is 17.7 Å². The van der Waals surface area contributed by atoms with Crippen molar-refractivity contribution >= 4 is 44.7 Å². The second-order valence-electron chi connectivity index (χ2n) is 6.17. The molecule has 2 aromatic rings. The first-order valence-electron chi connectivity index (χ1n) is 8.72. The highest BCUT2D eigenvalue weighted by Gasteiger charge is 2.30. The Labute approximate surface area is 177 Å². The molecule has 1 heterocycles. The van der Waals surface area contributed by atoms with Crippen LogP contribution in [0, 0.1) is 10.1 Å². The van der Waals surface area contributed by atoms with Crippen LogP contribution >= 0.6 is 11.6 Å². The van der Waals surface area contributed by atoms with Crippen molar-refractivity contribution in [2.24, 2.45) is 0 Å². The minimum Gasteiger partial charge on any atom is -0.379 e. The fraction of sp³-hybridized carbons (Fsp3) is 0.235. The summed E-state index contributed by atoms with van der Waals surface area (Å²) in [5.74, 6) is 0. The zero-order valence-electron chi connectivity index (χ0n) is 15.5. The van der Waals surface area contributed by atoms with Crippen molar-refractivity contribution in [1.29, 1.82) is 0 Å². The molecule has 0 radical (unpaired) electrons. The van der Waals surface area contributed by atoms with Gasteiger partial charge in [-0.15, -0.1) is 0 Å². The van der Waals surface area contributed by atoms with Crippen molar-refractivity contribution in [2.75, 3.05) is 37.0 Å². The van der Waals surface area contributed by atoms with Crippen LogP contribution in [0.2, 0.25) is 5.02 Å². The molecule has 1 saturated heterocycles. The molecule has 1 fully saturated rings. The van der Waals surface area contributed by atoms with E-state index in [1.165, 1.54) is 16.4 Å². The summed E-state index contributed by atoms with van der Waals surface area (Å²) in [6.07, 6.45) is 0. The average molecular weight is 456 g/mol. The van der Waals surface area contributed by atoms with Crippen LogP contribution in [0.15, 0.2) is 47.4 Å². The number of ether oxygens (including phenoxy) is 1. The number of hydrazine groups is 1. The van der Waals surface area contributed by atoms with Crippen molar-refractivity contribution < 1.29 is 22.9 Å². The predicted molar refractivity (Wildman–Crippen MR) is 110 cm³/mol. The van der Waals surface area contributed by atoms with E-state index in [1.807, 2.05) is 0 Å². The van der Waals surface area contributed by atoms with Crippen molar-refractivity contribution in [3.63, 3.8) is 0 Å². The first-order chi connectivity index (χ1) is 14.3. The monoisotopic (exact) mass is 455 g/mol. The van der Waals surface area contributed by atoms with Gasteiger partial charge in [0, 0.05) is 35.9 Å². The molecule has 3 N–H and O–H groups in total. The number of nitrogens with one attached hydrogen (secondary N) is 3. The highest BCUT2D eigenvalue weighted by Crippen LogP contribution is 2.29. The number of hydrogen-bond acceptors (Lipinski definition) is 7. The Balaban J connectivity index is 1.81. The fourth-order valence-corrected chi connectivity index (χ4v) is 4.48. The summed E-state index contributed by atoms with van der Waals surface area (Å²) in [4.78, 5) is 22.2. The number of sulfonamides is 1. The summed E-state index contributed by atoms with van der Waals surface area (Å²) in [6.45, 7) is 0.675. The van der Waals surface area contributed by atoms with Crippen LogP contribution in [0.1, 0.15) is 0 Å². The van der Waals surface area contributed by atoms with Gasteiger partial charge in [0.15, 0.2) is 0 Å². The van der Waals surface area contributed by atoms with Gasteiger partial charge in [-0.25, -0.2) is 13.2 Å². The molecule has 0 atom stereocenters. The van der Waals surface area contributed by atoms with Gasteiger partial charge in [0.2, 0.25) is 10.0 Å². The van der Waals surface area contributed by atoms with Gasteiger partial charge in [0.05, 0.1) is 23.8 Å². The number of carbonyl (C=O) groups is 1. The van der Waals surface area contributed by atoms with Gasteiger partial charge in [-0.05, 0) is 24.3 Å². The average Bonchev–Trinajstić information content (AvgIpc) is 2.72. The van der Waals surface area contributed by atoms with Gasteiger partial charge in [0.25, 0.3) is 5.69 Å². The second-order valence-corrected chi connectivity index (χ2v) is 8.51. The Kier molecular flexibility index (Phi) is 6.72. The molecule has 1 aliphatic heterocycles. The first kappa shape index (κ1) is 21.8. The van der Waals surface area contributed by atoms with E-state index in [1.54, 1.807) is 18.2 Å². The van der Waals surface area contributed by atoms with Gasteiger partial charge in [-0.2, -0.15) is 4.31 Å². The minimum absolute atomic E-state index is 0.0201. The molecule has 0 unspecified atom stereocenters. The number of morpholine rings is 1. The molecule has 0 spiro atoms. The van der Waals surface area contributed by atoms with Gasteiger partial charge in [-0.3, -0.25) is 21.0 Å². The number of non-ortho nitro benzene ring substituents is 1. The van der Waals surface area contributed by atoms with Crippen molar-refractivity contribution in [3.8, 4) is 0 Å². The number of carbonyl (C=O) groups excluding carboxylic acids is 1. The molecule has 30 heavy (non-hydrogen) atoms. The molecule has 0 bridgehead atoms. The Morgan fingerprint density at radius 1 is 1.17 bits per heavy atom. The van der Waals surface area contributed by atoms with E-state index in [4.69, 9.17) is 16.3 Å². The third kappa shape index (κ3) is 5.16. The lowest BCUT2D eigenvalue weighted by Crippen LogP contribution is -2.41. The molecule has 2 aromatic carbocycles. The standard InChI is InChI=1S/C17H18ClN5O6S/c18-12-2-1-3-13(10-12)19-17(24)21-20-15-5-4-14(23(25)26)11-16(15)30(27,28)22-6-8-29-9-7-22/h1-5,10-11,20H,6-9H2,(H2,19,21,24). The molecule has 11 nitrogen and oxygen atoms in total. The smallest absolute Gasteiger partial charge is 0.337 e. The molecule has 0 saturated carbocycles. The van der Waals surface area contributed by atoms with E-state index in [2.05, 4.69) is 16.2 Å². The lowest BCUT2D eigenvalue weighted by atomic mass is 10.3. The molecular formula is C17H18ClN5O6S. The number of hydrogen-bond donors (Lipinski definition) is 3. The molecule has 13 heteroatoms. The van der Waals surface area contributed by atoms with Crippen LogP contribution in [-0.2, 0) is 14.8 Å². The number of nitro groups is 1. The lowest BCUT2D eigenvalue weighted by molar-refractivity contribution is -0.385. The van der Waals surface area contributed by atoms with Crippen molar-refractivity contribution in [2.45, 2.75) is 4.90 Å². The van der Waals surface area contributed by atoms with Crippen LogP contribution in [0.3, 0.4) is 0 Å². The van der Waals surface area contributed by atoms with Crippen molar-refractivity contribution in [3.05, 3.63) is 57.6 Å². The Hall–Kier alpha value is -2.93. The summed E-state index contributed by atoms with van der Waals surface area (Å²) < 4.78 is 32.4. The fourth-order valence-electron chi connectivity index (χ4n) is 2.72. The quantitative estimate of drug-likeness (QED) is 0.448. The number of nitrogens with zero attached hydrogens (tertiary/aromatic N) is 2. The summed E-state index contributed by atoms with van der Waals surface area (Å²) in [5.41, 5.74) is 4.82. The number of benzene rings is 2. The number of anilines is 2. The highest BCUT2D eigenvalue weighted by molar-refractivity contribution is 7.89. The van der Waals surface area contributed by atoms with Crippen LogP contribution in [0.25, 0.3) is 0 Å². The number of rotatable bonds is 6. The lowest BCUT2D eigenvalue weighted by Gasteiger charge is -2.27. The molecule has 0 aliphatic carbocycles. The maximum Gasteiger partial charge on any atom is 0.337 e. The van der Waals surface area contributed by atoms with E-state index in [-0.39, 0.29) is 36.9 Å². The zero-order valence-corrected chi connectivity index (χ0v) is 17.1. The summed E-state index contributed by atoms with van der Waals surface area (Å²) in [6, 6.07) is 9.04. The Bertz CT molecular complexity index is 1060. The molecule has 2 amide bonds. The SMILES string of the molecule is O=C(NNc1ccc([N+](=O)[O-])cc1S(=O)(=O)N1CCOCC1)Nc1cccc(Cl)c1. The predicted octanol–water partition coefficient (Wildman–Crippen LogP) is 2.42. The summed E-state index contributed by atoms with van der Waals surface area (Å²) in [7, 11) is -4.06. The third-order valence-corrected chi connectivity index (χ3v) is 6.33. The highest BCUT2D eigenvalue weighted by atomic mass is 35.5. The van der Waals surface area contributed by atoms with Gasteiger partial charge >= 0.3 is 6.03 Å². The molecule has 1 aliphatic rings.